The van der Waals surface area contributed by atoms with Crippen LogP contribution < -0.4 is 10.5 Å². The summed E-state index contributed by atoms with van der Waals surface area (Å²) in [5, 5.41) is 6.54. The van der Waals surface area contributed by atoms with Crippen LogP contribution in [0.15, 0.2) is 5.03 Å². The summed E-state index contributed by atoms with van der Waals surface area (Å²) in [5.41, 5.74) is 6.81. The maximum atomic E-state index is 12.3. The molecule has 116 valence electrons. The first-order valence-corrected chi connectivity index (χ1v) is 8.32. The van der Waals surface area contributed by atoms with Crippen molar-refractivity contribution in [2.75, 3.05) is 19.6 Å². The molecule has 1 unspecified atom stereocenters. The normalized spacial score (nSPS) is 13.9. The number of aromatic nitrogens is 2. The second-order valence-electron chi connectivity index (χ2n) is 4.84. The minimum Gasteiger partial charge on any atom is -0.326 e. The molecule has 0 spiro atoms. The number of rotatable bonds is 8. The van der Waals surface area contributed by atoms with Crippen molar-refractivity contribution in [3.8, 4) is 0 Å². The summed E-state index contributed by atoms with van der Waals surface area (Å²) in [7, 11) is -3.64. The monoisotopic (exact) mass is 303 g/mol. The lowest BCUT2D eigenvalue weighted by Gasteiger charge is -2.23. The maximum Gasteiger partial charge on any atom is 0.260 e. The van der Waals surface area contributed by atoms with Gasteiger partial charge in [0, 0.05) is 30.4 Å². The van der Waals surface area contributed by atoms with Crippen molar-refractivity contribution < 1.29 is 8.42 Å². The molecular formula is C12H25N5O2S. The van der Waals surface area contributed by atoms with E-state index in [0.717, 1.165) is 13.1 Å². The molecule has 0 saturated carbocycles. The van der Waals surface area contributed by atoms with Crippen LogP contribution in [0.5, 0.6) is 0 Å². The first-order chi connectivity index (χ1) is 9.35. The van der Waals surface area contributed by atoms with Crippen LogP contribution in [0.3, 0.4) is 0 Å². The molecule has 1 rings (SSSR count). The lowest BCUT2D eigenvalue weighted by molar-refractivity contribution is 0.282. The maximum absolute atomic E-state index is 12.3. The Kier molecular flexibility index (Phi) is 6.12. The Balaban J connectivity index is 2.84. The predicted molar refractivity (Wildman–Crippen MR) is 78.8 cm³/mol. The van der Waals surface area contributed by atoms with Crippen LogP contribution in [0, 0.1) is 6.92 Å². The minimum atomic E-state index is -3.64. The second kappa shape index (κ2) is 7.16. The van der Waals surface area contributed by atoms with Crippen LogP contribution in [0.25, 0.3) is 0 Å². The van der Waals surface area contributed by atoms with Gasteiger partial charge in [0.25, 0.3) is 10.0 Å². The number of hydrogen-bond donors (Lipinski definition) is 3. The van der Waals surface area contributed by atoms with E-state index in [4.69, 9.17) is 5.73 Å². The summed E-state index contributed by atoms with van der Waals surface area (Å²) >= 11 is 0. The molecule has 1 aromatic heterocycles. The third-order valence-corrected chi connectivity index (χ3v) is 4.84. The van der Waals surface area contributed by atoms with E-state index in [1.807, 2.05) is 20.8 Å². The van der Waals surface area contributed by atoms with Crippen LogP contribution in [0.4, 0.5) is 0 Å². The molecule has 0 aliphatic rings. The van der Waals surface area contributed by atoms with E-state index in [1.165, 1.54) is 0 Å². The molecule has 0 bridgehead atoms. The van der Waals surface area contributed by atoms with Crippen LogP contribution in [0.1, 0.15) is 32.0 Å². The van der Waals surface area contributed by atoms with E-state index in [0.29, 0.717) is 17.8 Å². The van der Waals surface area contributed by atoms with E-state index >= 15 is 0 Å². The fraction of sp³-hybridized carbons (Fsp3) is 0.750. The number of hydrogen-bond acceptors (Lipinski definition) is 5. The summed E-state index contributed by atoms with van der Waals surface area (Å²) in [6.45, 7) is 10.3. The van der Waals surface area contributed by atoms with Crippen LogP contribution in [-0.4, -0.2) is 49.2 Å². The lowest BCUT2D eigenvalue weighted by Crippen LogP contribution is -2.42. The van der Waals surface area contributed by atoms with Crippen molar-refractivity contribution >= 4 is 10.0 Å². The summed E-state index contributed by atoms with van der Waals surface area (Å²) in [6.07, 6.45) is 0. The Morgan fingerprint density at radius 2 is 2.00 bits per heavy atom. The van der Waals surface area contributed by atoms with Crippen molar-refractivity contribution in [1.82, 2.24) is 19.8 Å². The number of nitrogens with zero attached hydrogens (tertiary/aromatic N) is 2. The molecule has 8 heteroatoms. The highest BCUT2D eigenvalue weighted by Crippen LogP contribution is 2.15. The van der Waals surface area contributed by atoms with Crippen molar-refractivity contribution in [3.63, 3.8) is 0 Å². The van der Waals surface area contributed by atoms with Crippen molar-refractivity contribution in [2.24, 2.45) is 5.73 Å². The molecule has 0 aromatic carbocycles. The highest BCUT2D eigenvalue weighted by atomic mass is 32.2. The predicted octanol–water partition coefficient (Wildman–Crippen LogP) is 0.185. The Labute approximate surface area is 121 Å². The molecule has 0 aliphatic carbocycles. The first-order valence-electron chi connectivity index (χ1n) is 6.84. The highest BCUT2D eigenvalue weighted by Gasteiger charge is 2.25. The Bertz CT molecular complexity index is 522. The number of likely N-dealkylation sites (N-methyl/N-ethyl adjacent to an activating group) is 1. The average molecular weight is 303 g/mol. The van der Waals surface area contributed by atoms with Gasteiger partial charge in [-0.15, -0.1) is 0 Å². The average Bonchev–Trinajstić information content (AvgIpc) is 2.77. The minimum absolute atomic E-state index is 0.00361. The molecule has 0 fully saturated rings. The van der Waals surface area contributed by atoms with E-state index in [9.17, 15) is 8.42 Å². The molecule has 0 amide bonds. The third kappa shape index (κ3) is 4.02. The van der Waals surface area contributed by atoms with Gasteiger partial charge in [-0.25, -0.2) is 13.1 Å². The topological polar surface area (TPSA) is 104 Å². The van der Waals surface area contributed by atoms with Gasteiger partial charge in [-0.1, -0.05) is 13.8 Å². The second-order valence-corrected chi connectivity index (χ2v) is 6.47. The van der Waals surface area contributed by atoms with Crippen molar-refractivity contribution in [3.05, 3.63) is 11.3 Å². The zero-order chi connectivity index (χ0) is 15.3. The molecule has 20 heavy (non-hydrogen) atoms. The summed E-state index contributed by atoms with van der Waals surface area (Å²) in [6, 6.07) is -0.192. The van der Waals surface area contributed by atoms with Gasteiger partial charge in [-0.2, -0.15) is 5.10 Å². The Morgan fingerprint density at radius 3 is 2.50 bits per heavy atom. The van der Waals surface area contributed by atoms with Gasteiger partial charge in [0.05, 0.1) is 0 Å². The van der Waals surface area contributed by atoms with Gasteiger partial charge in [-0.3, -0.25) is 5.10 Å². The number of nitrogens with one attached hydrogen (secondary N) is 2. The van der Waals surface area contributed by atoms with Crippen LogP contribution >= 0.6 is 0 Å². The van der Waals surface area contributed by atoms with Gasteiger partial charge in [-0.05, 0) is 26.9 Å². The summed E-state index contributed by atoms with van der Waals surface area (Å²) in [5.74, 6) is 0. The first kappa shape index (κ1) is 17.1. The van der Waals surface area contributed by atoms with E-state index in [1.54, 1.807) is 6.92 Å². The smallest absolute Gasteiger partial charge is 0.260 e. The number of nitrogens with two attached hydrogens (primary N) is 1. The fourth-order valence-corrected chi connectivity index (χ4v) is 3.56. The van der Waals surface area contributed by atoms with Gasteiger partial charge in [0.2, 0.25) is 0 Å². The van der Waals surface area contributed by atoms with Gasteiger partial charge in [0.1, 0.15) is 0 Å². The third-order valence-electron chi connectivity index (χ3n) is 3.28. The molecule has 1 atom stereocenters. The van der Waals surface area contributed by atoms with E-state index in [2.05, 4.69) is 19.8 Å². The van der Waals surface area contributed by atoms with E-state index < -0.39 is 10.0 Å². The van der Waals surface area contributed by atoms with Crippen molar-refractivity contribution in [1.29, 1.82) is 0 Å². The summed E-state index contributed by atoms with van der Waals surface area (Å²) in [4.78, 5) is 2.16. The zero-order valence-corrected chi connectivity index (χ0v) is 13.4. The molecule has 1 aromatic rings. The van der Waals surface area contributed by atoms with Crippen LogP contribution in [0.2, 0.25) is 0 Å². The zero-order valence-electron chi connectivity index (χ0n) is 12.6. The highest BCUT2D eigenvalue weighted by molar-refractivity contribution is 7.89. The molecule has 4 N–H and O–H groups in total. The lowest BCUT2D eigenvalue weighted by atomic mass is 10.3. The Hall–Kier alpha value is -0.960. The van der Waals surface area contributed by atoms with Crippen molar-refractivity contribution in [2.45, 2.75) is 45.3 Å². The SMILES string of the molecule is CCN(CC)CC(C)NS(=O)(=O)c1n[nH]c(C)c1CN. The Morgan fingerprint density at radius 1 is 1.40 bits per heavy atom. The molecule has 0 radical (unpaired) electrons. The fourth-order valence-electron chi connectivity index (χ4n) is 2.12. The number of H-pyrrole nitrogens is 1. The largest absolute Gasteiger partial charge is 0.326 e. The van der Waals surface area contributed by atoms with Gasteiger partial charge < -0.3 is 10.6 Å². The number of sulfonamides is 1. The quantitative estimate of drug-likeness (QED) is 0.636. The number of aryl methyl sites for hydroxylation is 1. The molecular weight excluding hydrogens is 278 g/mol. The van der Waals surface area contributed by atoms with Crippen LogP contribution in [-0.2, 0) is 16.6 Å². The molecule has 1 heterocycles. The van der Waals surface area contributed by atoms with Gasteiger partial charge >= 0.3 is 0 Å². The standard InChI is InChI=1S/C12H25N5O2S/c1-5-17(6-2)8-9(3)16-20(18,19)12-11(7-13)10(4)14-15-12/h9,16H,5-8,13H2,1-4H3,(H,14,15). The molecule has 0 aliphatic heterocycles. The summed E-state index contributed by atoms with van der Waals surface area (Å²) < 4.78 is 27.3. The molecule has 7 nitrogen and oxygen atoms in total. The molecule has 0 saturated heterocycles. The number of aromatic amines is 1. The van der Waals surface area contributed by atoms with E-state index in [-0.39, 0.29) is 17.6 Å². The van der Waals surface area contributed by atoms with Gasteiger partial charge in [0.15, 0.2) is 5.03 Å².